The Hall–Kier alpha value is -2.93. The van der Waals surface area contributed by atoms with Crippen molar-refractivity contribution in [2.24, 2.45) is 5.92 Å². The summed E-state index contributed by atoms with van der Waals surface area (Å²) in [7, 11) is 0. The number of aromatic amines is 1. The summed E-state index contributed by atoms with van der Waals surface area (Å²) in [6.07, 6.45) is 6.23. The van der Waals surface area contributed by atoms with Crippen molar-refractivity contribution in [3.63, 3.8) is 0 Å². The van der Waals surface area contributed by atoms with Crippen LogP contribution < -0.4 is 10.2 Å². The molecule has 1 amide bonds. The van der Waals surface area contributed by atoms with Crippen LogP contribution in [0.15, 0.2) is 48.8 Å². The standard InChI is InChI=1S/C23H27N5O2/c29-23(17-8-12-30-13-9-17)26-20-15-28(11-7-18(20)16-4-2-1-3-5-16)21-6-10-24-22-19(21)14-25-27-22/h1-6,10,14,17-18,20H,7-9,11-13,15H2,(H,26,29)(H,24,25,27)/t18-,20-/m0/s1. The fourth-order valence-electron chi connectivity index (χ4n) is 4.79. The smallest absolute Gasteiger partial charge is 0.223 e. The molecule has 7 heteroatoms. The molecular weight excluding hydrogens is 378 g/mol. The largest absolute Gasteiger partial charge is 0.381 e. The Kier molecular flexibility index (Phi) is 5.36. The normalized spacial score (nSPS) is 22.9. The minimum absolute atomic E-state index is 0.0478. The van der Waals surface area contributed by atoms with Crippen molar-refractivity contribution in [1.82, 2.24) is 20.5 Å². The van der Waals surface area contributed by atoms with Crippen LogP contribution in [-0.4, -0.2) is 53.4 Å². The Bertz CT molecular complexity index is 999. The number of nitrogens with one attached hydrogen (secondary N) is 2. The summed E-state index contributed by atoms with van der Waals surface area (Å²) in [5, 5.41) is 11.5. The van der Waals surface area contributed by atoms with E-state index in [1.54, 1.807) is 0 Å². The fourth-order valence-corrected chi connectivity index (χ4v) is 4.79. The number of piperidine rings is 1. The maximum atomic E-state index is 13.0. The summed E-state index contributed by atoms with van der Waals surface area (Å²) in [5.41, 5.74) is 3.20. The highest BCUT2D eigenvalue weighted by Crippen LogP contribution is 2.33. The SMILES string of the molecule is O=C(N[C@H]1CN(c2ccnc3[nH]ncc23)CC[C@H]1c1ccccc1)C1CCOCC1. The van der Waals surface area contributed by atoms with Gasteiger partial charge in [0.05, 0.1) is 23.3 Å². The first-order valence-corrected chi connectivity index (χ1v) is 10.8. The summed E-state index contributed by atoms with van der Waals surface area (Å²) in [4.78, 5) is 19.8. The van der Waals surface area contributed by atoms with Crippen LogP contribution in [0.5, 0.6) is 0 Å². The number of carbonyl (C=O) groups is 1. The number of fused-ring (bicyclic) bond motifs is 1. The molecule has 2 atom stereocenters. The lowest BCUT2D eigenvalue weighted by Crippen LogP contribution is -2.53. The third kappa shape index (κ3) is 3.77. The molecule has 3 aromatic rings. The van der Waals surface area contributed by atoms with E-state index in [1.165, 1.54) is 5.56 Å². The molecule has 4 heterocycles. The Morgan fingerprint density at radius 2 is 1.97 bits per heavy atom. The van der Waals surface area contributed by atoms with Crippen LogP contribution in [0.1, 0.15) is 30.7 Å². The molecule has 0 aliphatic carbocycles. The average molecular weight is 406 g/mol. The Morgan fingerprint density at radius 3 is 2.80 bits per heavy atom. The lowest BCUT2D eigenvalue weighted by molar-refractivity contribution is -0.128. The molecule has 5 rings (SSSR count). The maximum Gasteiger partial charge on any atom is 0.223 e. The molecule has 7 nitrogen and oxygen atoms in total. The molecular formula is C23H27N5O2. The number of pyridine rings is 1. The predicted molar refractivity (Wildman–Crippen MR) is 115 cm³/mol. The van der Waals surface area contributed by atoms with Gasteiger partial charge >= 0.3 is 0 Å². The van der Waals surface area contributed by atoms with Crippen LogP contribution in [0, 0.1) is 5.92 Å². The molecule has 2 aromatic heterocycles. The van der Waals surface area contributed by atoms with Gasteiger partial charge in [0.1, 0.15) is 0 Å². The van der Waals surface area contributed by atoms with Gasteiger partial charge < -0.3 is 15.0 Å². The third-order valence-corrected chi connectivity index (χ3v) is 6.43. The molecule has 156 valence electrons. The van der Waals surface area contributed by atoms with Gasteiger partial charge in [-0.2, -0.15) is 5.10 Å². The molecule has 0 bridgehead atoms. The molecule has 2 saturated heterocycles. The molecule has 2 N–H and O–H groups in total. The lowest BCUT2D eigenvalue weighted by Gasteiger charge is -2.41. The van der Waals surface area contributed by atoms with E-state index in [9.17, 15) is 4.79 Å². The molecule has 0 unspecified atom stereocenters. The van der Waals surface area contributed by atoms with Crippen LogP contribution in [0.3, 0.4) is 0 Å². The molecule has 0 spiro atoms. The molecule has 2 aliphatic heterocycles. The van der Waals surface area contributed by atoms with E-state index in [0.717, 1.165) is 49.1 Å². The molecule has 1 aromatic carbocycles. The monoisotopic (exact) mass is 405 g/mol. The molecule has 2 aliphatic rings. The lowest BCUT2D eigenvalue weighted by atomic mass is 9.84. The summed E-state index contributed by atoms with van der Waals surface area (Å²) in [6.45, 7) is 3.03. The second kappa shape index (κ2) is 8.44. The van der Waals surface area contributed by atoms with E-state index >= 15 is 0 Å². The zero-order valence-corrected chi connectivity index (χ0v) is 17.0. The van der Waals surface area contributed by atoms with Crippen molar-refractivity contribution in [2.45, 2.75) is 31.2 Å². The third-order valence-electron chi connectivity index (χ3n) is 6.43. The van der Waals surface area contributed by atoms with E-state index in [2.05, 4.69) is 49.7 Å². The number of ether oxygens (including phenoxy) is 1. The first-order valence-electron chi connectivity index (χ1n) is 10.8. The van der Waals surface area contributed by atoms with Crippen molar-refractivity contribution in [3.8, 4) is 0 Å². The number of H-pyrrole nitrogens is 1. The van der Waals surface area contributed by atoms with Gasteiger partial charge in [0.25, 0.3) is 0 Å². The minimum Gasteiger partial charge on any atom is -0.381 e. The topological polar surface area (TPSA) is 83.1 Å². The number of benzene rings is 1. The van der Waals surface area contributed by atoms with Gasteiger partial charge in [-0.1, -0.05) is 30.3 Å². The zero-order valence-electron chi connectivity index (χ0n) is 17.0. The summed E-state index contributed by atoms with van der Waals surface area (Å²) in [5.74, 6) is 0.509. The van der Waals surface area contributed by atoms with E-state index in [-0.39, 0.29) is 17.9 Å². The first kappa shape index (κ1) is 19.1. The Labute approximate surface area is 175 Å². The van der Waals surface area contributed by atoms with Gasteiger partial charge in [0.15, 0.2) is 5.65 Å². The van der Waals surface area contributed by atoms with Crippen molar-refractivity contribution >= 4 is 22.6 Å². The van der Waals surface area contributed by atoms with Crippen LogP contribution in [-0.2, 0) is 9.53 Å². The van der Waals surface area contributed by atoms with Crippen LogP contribution >= 0.6 is 0 Å². The van der Waals surface area contributed by atoms with E-state index in [4.69, 9.17) is 4.74 Å². The van der Waals surface area contributed by atoms with Crippen LogP contribution in [0.4, 0.5) is 5.69 Å². The first-order chi connectivity index (χ1) is 14.8. The number of hydrogen-bond acceptors (Lipinski definition) is 5. The molecule has 30 heavy (non-hydrogen) atoms. The molecule has 0 saturated carbocycles. The minimum atomic E-state index is 0.0478. The Morgan fingerprint density at radius 1 is 1.13 bits per heavy atom. The quantitative estimate of drug-likeness (QED) is 0.697. The van der Waals surface area contributed by atoms with E-state index in [0.29, 0.717) is 19.1 Å². The number of aromatic nitrogens is 3. The van der Waals surface area contributed by atoms with Crippen molar-refractivity contribution in [2.75, 3.05) is 31.2 Å². The van der Waals surface area contributed by atoms with E-state index in [1.807, 2.05) is 24.5 Å². The highest BCUT2D eigenvalue weighted by atomic mass is 16.5. The predicted octanol–water partition coefficient (Wildman–Crippen LogP) is 2.86. The zero-order chi connectivity index (χ0) is 20.3. The highest BCUT2D eigenvalue weighted by molar-refractivity contribution is 5.88. The summed E-state index contributed by atoms with van der Waals surface area (Å²) in [6, 6.07) is 12.6. The van der Waals surface area contributed by atoms with E-state index < -0.39 is 0 Å². The Balaban J connectivity index is 1.40. The number of rotatable bonds is 4. The van der Waals surface area contributed by atoms with Crippen LogP contribution in [0.2, 0.25) is 0 Å². The second-order valence-electron chi connectivity index (χ2n) is 8.22. The van der Waals surface area contributed by atoms with Crippen molar-refractivity contribution in [1.29, 1.82) is 0 Å². The van der Waals surface area contributed by atoms with Gasteiger partial charge in [-0.15, -0.1) is 0 Å². The second-order valence-corrected chi connectivity index (χ2v) is 8.22. The highest BCUT2D eigenvalue weighted by Gasteiger charge is 2.34. The molecule has 2 fully saturated rings. The van der Waals surface area contributed by atoms with Gasteiger partial charge in [-0.05, 0) is 30.9 Å². The van der Waals surface area contributed by atoms with Crippen LogP contribution in [0.25, 0.3) is 11.0 Å². The van der Waals surface area contributed by atoms with Crippen molar-refractivity contribution < 1.29 is 9.53 Å². The number of nitrogens with zero attached hydrogens (tertiary/aromatic N) is 3. The maximum absolute atomic E-state index is 13.0. The summed E-state index contributed by atoms with van der Waals surface area (Å²) < 4.78 is 5.44. The van der Waals surface area contributed by atoms with Gasteiger partial charge in [0, 0.05) is 44.3 Å². The number of amides is 1. The van der Waals surface area contributed by atoms with Gasteiger partial charge in [-0.3, -0.25) is 9.89 Å². The molecule has 0 radical (unpaired) electrons. The number of carbonyl (C=O) groups excluding carboxylic acids is 1. The number of hydrogen-bond donors (Lipinski definition) is 2. The van der Waals surface area contributed by atoms with Gasteiger partial charge in [-0.25, -0.2) is 4.98 Å². The summed E-state index contributed by atoms with van der Waals surface area (Å²) >= 11 is 0. The van der Waals surface area contributed by atoms with Gasteiger partial charge in [0.2, 0.25) is 5.91 Å². The van der Waals surface area contributed by atoms with Crippen molar-refractivity contribution in [3.05, 3.63) is 54.4 Å². The fraction of sp³-hybridized carbons (Fsp3) is 0.435. The average Bonchev–Trinajstić information content (AvgIpc) is 3.29. The number of anilines is 1.